The van der Waals surface area contributed by atoms with Crippen molar-refractivity contribution in [2.24, 2.45) is 7.05 Å². The van der Waals surface area contributed by atoms with Gasteiger partial charge in [-0.3, -0.25) is 0 Å². The van der Waals surface area contributed by atoms with Crippen molar-refractivity contribution in [3.63, 3.8) is 0 Å². The van der Waals surface area contributed by atoms with Gasteiger partial charge in [0.05, 0.1) is 36.3 Å². The van der Waals surface area contributed by atoms with Crippen LogP contribution in [0.5, 0.6) is 11.5 Å². The maximum atomic E-state index is 6.28. The number of nitrogens with zero attached hydrogens (tertiary/aromatic N) is 1. The van der Waals surface area contributed by atoms with Gasteiger partial charge in [0.1, 0.15) is 18.9 Å². The van der Waals surface area contributed by atoms with Crippen molar-refractivity contribution in [3.05, 3.63) is 65.2 Å². The zero-order chi connectivity index (χ0) is 24.7. The molecule has 0 N–H and O–H groups in total. The Morgan fingerprint density at radius 2 is 1.66 bits per heavy atom. The summed E-state index contributed by atoms with van der Waals surface area (Å²) in [6.07, 6.45) is 5.18. The molecule has 1 aliphatic rings. The molecule has 1 heterocycles. The number of aryl methyl sites for hydroxylation is 1. The highest BCUT2D eigenvalue weighted by Gasteiger charge is 2.26. The average Bonchev–Trinajstić information content (AvgIpc) is 2.87. The second-order valence-corrected chi connectivity index (χ2v) is 9.17. The van der Waals surface area contributed by atoms with E-state index in [1.54, 1.807) is 21.3 Å². The Balaban J connectivity index is 1.94. The lowest BCUT2D eigenvalue weighted by Gasteiger charge is -2.23. The normalized spacial score (nSPS) is 15.3. The van der Waals surface area contributed by atoms with E-state index in [0.29, 0.717) is 5.75 Å². The third-order valence-electron chi connectivity index (χ3n) is 6.70. The molecule has 180 valence electrons. The third kappa shape index (κ3) is 3.80. The Kier molecular flexibility index (Phi) is 6.12. The first-order valence-electron chi connectivity index (χ1n) is 12.0. The molecule has 0 radical (unpaired) electrons. The molecule has 1 aromatic heterocycles. The standard InChI is InChI=1S/C30H32NO4/c1-18(2)35-29-24-17-31(3)28-22(20(24)14-15-25(29)32-4)13-12-21-23(28)16-26(33-5)30(34-6)27(21)19-10-8-7-9-11-19/h7-14,16-18,25H,15H2,1-6H3/q+1. The zero-order valence-electron chi connectivity index (χ0n) is 21.2. The van der Waals surface area contributed by atoms with Crippen molar-refractivity contribution < 1.29 is 23.5 Å². The van der Waals surface area contributed by atoms with Gasteiger partial charge in [-0.2, -0.15) is 4.57 Å². The van der Waals surface area contributed by atoms with E-state index in [2.05, 4.69) is 68.1 Å². The first-order valence-corrected chi connectivity index (χ1v) is 12.0. The van der Waals surface area contributed by atoms with Crippen molar-refractivity contribution >= 4 is 33.5 Å². The third-order valence-corrected chi connectivity index (χ3v) is 6.70. The summed E-state index contributed by atoms with van der Waals surface area (Å²) in [5.41, 5.74) is 3.25. The molecule has 0 saturated heterocycles. The summed E-state index contributed by atoms with van der Waals surface area (Å²) >= 11 is 0. The Hall–Kier alpha value is -3.57. The molecule has 5 nitrogen and oxygen atoms in total. The van der Waals surface area contributed by atoms with Crippen LogP contribution in [0.25, 0.3) is 44.6 Å². The molecule has 1 aliphatic carbocycles. The summed E-state index contributed by atoms with van der Waals surface area (Å²) in [5, 5.41) is 5.65. The highest BCUT2D eigenvalue weighted by molar-refractivity contribution is 6.12. The minimum atomic E-state index is -0.0863. The van der Waals surface area contributed by atoms with Gasteiger partial charge >= 0.3 is 0 Å². The van der Waals surface area contributed by atoms with Crippen LogP contribution in [0.3, 0.4) is 0 Å². The maximum Gasteiger partial charge on any atom is 0.220 e. The number of rotatable bonds is 6. The molecule has 3 aromatic carbocycles. The molecule has 0 fully saturated rings. The Morgan fingerprint density at radius 3 is 2.31 bits per heavy atom. The van der Waals surface area contributed by atoms with Gasteiger partial charge in [-0.15, -0.1) is 0 Å². The molecule has 1 atom stereocenters. The highest BCUT2D eigenvalue weighted by atomic mass is 16.5. The molecule has 0 amide bonds. The molecule has 5 heteroatoms. The van der Waals surface area contributed by atoms with Crippen LogP contribution in [0, 0.1) is 0 Å². The number of aromatic nitrogens is 1. The Morgan fingerprint density at radius 1 is 0.914 bits per heavy atom. The zero-order valence-corrected chi connectivity index (χ0v) is 21.2. The van der Waals surface area contributed by atoms with Crippen molar-refractivity contribution in [2.75, 3.05) is 21.3 Å². The lowest BCUT2D eigenvalue weighted by atomic mass is 9.93. The smallest absolute Gasteiger partial charge is 0.220 e. The first-order chi connectivity index (χ1) is 17.0. The summed E-state index contributed by atoms with van der Waals surface area (Å²) < 4.78 is 25.9. The number of benzene rings is 3. The summed E-state index contributed by atoms with van der Waals surface area (Å²) in [4.78, 5) is 0. The molecular formula is C30H32NO4+. The summed E-state index contributed by atoms with van der Waals surface area (Å²) in [7, 11) is 7.21. The largest absolute Gasteiger partial charge is 0.493 e. The molecule has 5 rings (SSSR count). The average molecular weight is 471 g/mol. The second-order valence-electron chi connectivity index (χ2n) is 9.17. The monoisotopic (exact) mass is 470 g/mol. The van der Waals surface area contributed by atoms with Crippen LogP contribution in [0.1, 0.15) is 20.3 Å². The minimum Gasteiger partial charge on any atom is -0.493 e. The van der Waals surface area contributed by atoms with E-state index >= 15 is 0 Å². The molecule has 1 unspecified atom stereocenters. The number of ether oxygens (including phenoxy) is 4. The quantitative estimate of drug-likeness (QED) is 0.312. The van der Waals surface area contributed by atoms with E-state index in [1.165, 1.54) is 10.6 Å². The molecule has 0 saturated carbocycles. The van der Waals surface area contributed by atoms with E-state index in [0.717, 1.165) is 50.6 Å². The van der Waals surface area contributed by atoms with E-state index in [4.69, 9.17) is 18.9 Å². The van der Waals surface area contributed by atoms with Crippen LogP contribution in [0.2, 0.25) is 0 Å². The number of hydrogen-bond acceptors (Lipinski definition) is 4. The van der Waals surface area contributed by atoms with Crippen LogP contribution in [0.15, 0.2) is 54.7 Å². The fourth-order valence-electron chi connectivity index (χ4n) is 5.25. The van der Waals surface area contributed by atoms with Crippen LogP contribution in [-0.4, -0.2) is 33.5 Å². The molecule has 0 bridgehead atoms. The second kappa shape index (κ2) is 9.23. The lowest BCUT2D eigenvalue weighted by molar-refractivity contribution is -0.644. The van der Waals surface area contributed by atoms with Crippen molar-refractivity contribution in [3.8, 4) is 22.6 Å². The van der Waals surface area contributed by atoms with Crippen molar-refractivity contribution in [1.82, 2.24) is 0 Å². The fraction of sp³-hybridized carbons (Fsp3) is 0.300. The van der Waals surface area contributed by atoms with E-state index in [-0.39, 0.29) is 12.2 Å². The molecule has 35 heavy (non-hydrogen) atoms. The molecule has 4 aromatic rings. The van der Waals surface area contributed by atoms with Gasteiger partial charge in [0.2, 0.25) is 5.52 Å². The SMILES string of the molecule is COc1cc2c(ccc3c4c(c[n+](C)c32)=C(OC(C)C)C(OC)CC=4)c(-c2ccccc2)c1OC. The van der Waals surface area contributed by atoms with Gasteiger partial charge in [0.15, 0.2) is 17.7 Å². The fourth-order valence-corrected chi connectivity index (χ4v) is 5.25. The van der Waals surface area contributed by atoms with Crippen molar-refractivity contribution in [1.29, 1.82) is 0 Å². The molecular weight excluding hydrogens is 438 g/mol. The van der Waals surface area contributed by atoms with Crippen LogP contribution >= 0.6 is 0 Å². The van der Waals surface area contributed by atoms with Crippen LogP contribution in [-0.2, 0) is 16.5 Å². The minimum absolute atomic E-state index is 0.0661. The van der Waals surface area contributed by atoms with Gasteiger partial charge in [-0.25, -0.2) is 0 Å². The van der Waals surface area contributed by atoms with Crippen LogP contribution < -0.4 is 24.5 Å². The maximum absolute atomic E-state index is 6.28. The number of methoxy groups -OCH3 is 3. The Bertz CT molecular complexity index is 1540. The topological polar surface area (TPSA) is 40.8 Å². The van der Waals surface area contributed by atoms with E-state index < -0.39 is 0 Å². The highest BCUT2D eigenvalue weighted by Crippen LogP contribution is 2.44. The van der Waals surface area contributed by atoms with E-state index in [9.17, 15) is 0 Å². The summed E-state index contributed by atoms with van der Waals surface area (Å²) in [6, 6.07) is 16.8. The number of pyridine rings is 1. The van der Waals surface area contributed by atoms with Gasteiger partial charge in [0, 0.05) is 23.3 Å². The van der Waals surface area contributed by atoms with Gasteiger partial charge in [0.25, 0.3) is 0 Å². The van der Waals surface area contributed by atoms with Crippen LogP contribution in [0.4, 0.5) is 0 Å². The number of fused-ring (bicyclic) bond motifs is 5. The van der Waals surface area contributed by atoms with E-state index in [1.807, 2.05) is 18.2 Å². The summed E-state index contributed by atoms with van der Waals surface area (Å²) in [5.74, 6) is 2.35. The Labute approximate surface area is 205 Å². The molecule has 0 aliphatic heterocycles. The summed E-state index contributed by atoms with van der Waals surface area (Å²) in [6.45, 7) is 4.11. The number of hydrogen-bond donors (Lipinski definition) is 0. The van der Waals surface area contributed by atoms with Crippen molar-refractivity contribution in [2.45, 2.75) is 32.5 Å². The molecule has 0 spiro atoms. The van der Waals surface area contributed by atoms with Gasteiger partial charge in [-0.1, -0.05) is 42.5 Å². The predicted octanol–water partition coefficient (Wildman–Crippen LogP) is 4.23. The predicted molar refractivity (Wildman–Crippen MR) is 140 cm³/mol. The van der Waals surface area contributed by atoms with Gasteiger partial charge < -0.3 is 18.9 Å². The van der Waals surface area contributed by atoms with Gasteiger partial charge in [-0.05, 0) is 38.0 Å². The lowest BCUT2D eigenvalue weighted by Crippen LogP contribution is -2.46. The first kappa shape index (κ1) is 23.2.